The maximum atomic E-state index is 13.2. The molecule has 0 fully saturated rings. The molecule has 6 heteroatoms. The number of aliphatic hydroxyl groups is 1. The molecule has 2 N–H and O–H groups in total. The highest BCUT2D eigenvalue weighted by Crippen LogP contribution is 2.25. The summed E-state index contributed by atoms with van der Waals surface area (Å²) in [7, 11) is 0. The van der Waals surface area contributed by atoms with E-state index in [1.807, 2.05) is 54.6 Å². The topological polar surface area (TPSA) is 79.2 Å². The second kappa shape index (κ2) is 8.16. The third kappa shape index (κ3) is 3.85. The van der Waals surface area contributed by atoms with Gasteiger partial charge in [0.15, 0.2) is 0 Å². The fourth-order valence-electron chi connectivity index (χ4n) is 3.88. The van der Waals surface area contributed by atoms with Crippen LogP contribution in [0, 0.1) is 0 Å². The van der Waals surface area contributed by atoms with E-state index < -0.39 is 6.04 Å². The lowest BCUT2D eigenvalue weighted by Crippen LogP contribution is -2.44. The van der Waals surface area contributed by atoms with Gasteiger partial charge in [-0.15, -0.1) is 0 Å². The number of furan rings is 1. The van der Waals surface area contributed by atoms with Crippen molar-refractivity contribution in [2.24, 2.45) is 0 Å². The highest BCUT2D eigenvalue weighted by molar-refractivity contribution is 5.82. The molecule has 3 heterocycles. The van der Waals surface area contributed by atoms with Gasteiger partial charge in [0.1, 0.15) is 23.3 Å². The van der Waals surface area contributed by atoms with E-state index in [4.69, 9.17) is 9.40 Å². The zero-order valence-corrected chi connectivity index (χ0v) is 16.9. The third-order valence-corrected chi connectivity index (χ3v) is 5.50. The van der Waals surface area contributed by atoms with Crippen molar-refractivity contribution in [3.05, 3.63) is 102 Å². The Morgan fingerprint density at radius 3 is 2.52 bits per heavy atom. The molecule has 5 rings (SSSR count). The van der Waals surface area contributed by atoms with Crippen molar-refractivity contribution in [3.8, 4) is 11.3 Å². The molecular weight excluding hydrogens is 390 g/mol. The summed E-state index contributed by atoms with van der Waals surface area (Å²) in [5.41, 5.74) is 4.37. The summed E-state index contributed by atoms with van der Waals surface area (Å²) in [4.78, 5) is 18.1. The predicted molar refractivity (Wildman–Crippen MR) is 115 cm³/mol. The molecule has 0 aliphatic carbocycles. The molecule has 0 radical (unpaired) electrons. The number of carbonyl (C=O) groups is 1. The highest BCUT2D eigenvalue weighted by Gasteiger charge is 2.41. The van der Waals surface area contributed by atoms with Gasteiger partial charge in [-0.3, -0.25) is 5.32 Å². The van der Waals surface area contributed by atoms with Crippen LogP contribution in [0.5, 0.6) is 0 Å². The minimum atomic E-state index is -0.408. The second-order valence-electron chi connectivity index (χ2n) is 7.63. The van der Waals surface area contributed by atoms with Crippen molar-refractivity contribution >= 4 is 11.7 Å². The Bertz CT molecular complexity index is 1200. The van der Waals surface area contributed by atoms with E-state index in [9.17, 15) is 9.90 Å². The fraction of sp³-hybridized carbons (Fsp3) is 0.160. The van der Waals surface area contributed by atoms with Gasteiger partial charge in [-0.2, -0.15) is 4.57 Å². The Labute approximate surface area is 179 Å². The summed E-state index contributed by atoms with van der Waals surface area (Å²) in [5, 5.41) is 12.7. The van der Waals surface area contributed by atoms with Crippen LogP contribution in [-0.4, -0.2) is 22.0 Å². The van der Waals surface area contributed by atoms with Crippen molar-refractivity contribution in [2.75, 3.05) is 5.32 Å². The number of nitrogens with one attached hydrogen (secondary N) is 1. The summed E-state index contributed by atoms with van der Waals surface area (Å²) in [6.45, 7) is -0.0111. The molecule has 2 aromatic carbocycles. The lowest BCUT2D eigenvalue weighted by Gasteiger charge is -2.07. The number of carbonyl (C=O) groups excluding carboxylic acids is 1. The van der Waals surface area contributed by atoms with Gasteiger partial charge in [0.25, 0.3) is 0 Å². The smallest absolute Gasteiger partial charge is 0.359 e. The molecular formula is C25H22N3O3+. The van der Waals surface area contributed by atoms with Gasteiger partial charge in [0.2, 0.25) is 6.04 Å². The number of fused-ring (bicyclic) bond motifs is 1. The molecule has 154 valence electrons. The minimum absolute atomic E-state index is 0.0111. The predicted octanol–water partition coefficient (Wildman–Crippen LogP) is 3.39. The van der Waals surface area contributed by atoms with Gasteiger partial charge in [0, 0.05) is 12.0 Å². The Hall–Kier alpha value is -3.77. The first-order valence-electron chi connectivity index (χ1n) is 10.2. The summed E-state index contributed by atoms with van der Waals surface area (Å²) in [6, 6.07) is 20.9. The average Bonchev–Trinajstić information content (AvgIpc) is 3.43. The van der Waals surface area contributed by atoms with Gasteiger partial charge in [0.05, 0.1) is 19.3 Å². The standard InChI is InChI=1S/C25H21N3O3/c29-16-18-8-10-19(11-9-18)23-15-28-24(21(26-23)13-17-5-2-1-3-6-17)27-22(25(28)30)14-20-7-4-12-31-20/h1-12,15,22,29H,13-14,16H2/p+1. The van der Waals surface area contributed by atoms with Crippen LogP contribution in [0.2, 0.25) is 0 Å². The second-order valence-corrected chi connectivity index (χ2v) is 7.63. The number of anilines is 1. The van der Waals surface area contributed by atoms with Crippen LogP contribution in [0.25, 0.3) is 11.3 Å². The van der Waals surface area contributed by atoms with Gasteiger partial charge < -0.3 is 9.52 Å². The summed E-state index contributed by atoms with van der Waals surface area (Å²) >= 11 is 0. The van der Waals surface area contributed by atoms with Gasteiger partial charge in [-0.25, -0.2) is 9.78 Å². The van der Waals surface area contributed by atoms with E-state index in [0.29, 0.717) is 18.5 Å². The number of rotatable bonds is 6. The van der Waals surface area contributed by atoms with Crippen molar-refractivity contribution in [1.82, 2.24) is 4.98 Å². The number of aromatic nitrogens is 2. The van der Waals surface area contributed by atoms with E-state index in [1.165, 1.54) is 0 Å². The van der Waals surface area contributed by atoms with E-state index in [-0.39, 0.29) is 12.5 Å². The van der Waals surface area contributed by atoms with E-state index in [2.05, 4.69) is 17.4 Å². The van der Waals surface area contributed by atoms with Crippen molar-refractivity contribution in [2.45, 2.75) is 25.5 Å². The number of hydrogen-bond acceptors (Lipinski definition) is 5. The summed E-state index contributed by atoms with van der Waals surface area (Å²) in [5.74, 6) is 1.45. The number of nitrogens with zero attached hydrogens (tertiary/aromatic N) is 2. The first-order valence-corrected chi connectivity index (χ1v) is 10.2. The molecule has 0 saturated heterocycles. The Morgan fingerprint density at radius 1 is 1.00 bits per heavy atom. The zero-order chi connectivity index (χ0) is 21.2. The van der Waals surface area contributed by atoms with Gasteiger partial charge in [-0.1, -0.05) is 54.6 Å². The Morgan fingerprint density at radius 2 is 1.81 bits per heavy atom. The molecule has 1 atom stereocenters. The Balaban J connectivity index is 1.55. The summed E-state index contributed by atoms with van der Waals surface area (Å²) < 4.78 is 7.12. The van der Waals surface area contributed by atoms with Crippen LogP contribution in [0.15, 0.2) is 83.6 Å². The van der Waals surface area contributed by atoms with Crippen LogP contribution in [0.1, 0.15) is 27.4 Å². The quantitative estimate of drug-likeness (QED) is 0.475. The first kappa shape index (κ1) is 19.2. The van der Waals surface area contributed by atoms with Crippen LogP contribution in [0.3, 0.4) is 0 Å². The number of hydrogen-bond donors (Lipinski definition) is 2. The van der Waals surface area contributed by atoms with Gasteiger partial charge in [-0.05, 0) is 23.3 Å². The molecule has 1 aliphatic heterocycles. The molecule has 0 saturated carbocycles. The first-order chi connectivity index (χ1) is 15.2. The SMILES string of the molecule is O=C1C(Cc2ccco2)Nc2c(Cc3ccccc3)nc(-c3ccc(CO)cc3)c[n+]21. The molecule has 1 aliphatic rings. The molecule has 31 heavy (non-hydrogen) atoms. The Kier molecular flexibility index (Phi) is 5.06. The van der Waals surface area contributed by atoms with E-state index >= 15 is 0 Å². The van der Waals surface area contributed by atoms with Crippen molar-refractivity contribution in [3.63, 3.8) is 0 Å². The van der Waals surface area contributed by atoms with Crippen molar-refractivity contribution < 1.29 is 18.9 Å². The lowest BCUT2D eigenvalue weighted by atomic mass is 10.1. The number of aliphatic hydroxyl groups excluding tert-OH is 1. The molecule has 4 aromatic rings. The van der Waals surface area contributed by atoms with Crippen LogP contribution >= 0.6 is 0 Å². The molecule has 6 nitrogen and oxygen atoms in total. The maximum Gasteiger partial charge on any atom is 0.359 e. The normalized spacial score (nSPS) is 15.0. The minimum Gasteiger partial charge on any atom is -0.469 e. The maximum absolute atomic E-state index is 13.2. The lowest BCUT2D eigenvalue weighted by molar-refractivity contribution is -0.552. The largest absolute Gasteiger partial charge is 0.469 e. The highest BCUT2D eigenvalue weighted by atomic mass is 16.3. The molecule has 1 unspecified atom stereocenters. The van der Waals surface area contributed by atoms with Crippen LogP contribution in [0.4, 0.5) is 5.82 Å². The van der Waals surface area contributed by atoms with Crippen molar-refractivity contribution in [1.29, 1.82) is 0 Å². The molecule has 0 bridgehead atoms. The van der Waals surface area contributed by atoms with Crippen LogP contribution < -0.4 is 9.88 Å². The van der Waals surface area contributed by atoms with E-state index in [0.717, 1.165) is 34.0 Å². The average molecular weight is 412 g/mol. The molecule has 0 amide bonds. The van der Waals surface area contributed by atoms with E-state index in [1.54, 1.807) is 17.0 Å². The fourth-order valence-corrected chi connectivity index (χ4v) is 3.88. The molecule has 2 aromatic heterocycles. The number of benzene rings is 2. The summed E-state index contributed by atoms with van der Waals surface area (Å²) in [6.07, 6.45) is 4.48. The van der Waals surface area contributed by atoms with Gasteiger partial charge >= 0.3 is 11.7 Å². The zero-order valence-electron chi connectivity index (χ0n) is 16.9. The third-order valence-electron chi connectivity index (χ3n) is 5.50. The molecule has 0 spiro atoms. The monoisotopic (exact) mass is 412 g/mol. The van der Waals surface area contributed by atoms with Crippen LogP contribution in [-0.2, 0) is 19.4 Å².